The molecule has 0 spiro atoms. The third-order valence-corrected chi connectivity index (χ3v) is 2.84. The smallest absolute Gasteiger partial charge is 0.333 e. The molecule has 1 heterocycles. The molecule has 0 bridgehead atoms. The molecule has 20 heavy (non-hydrogen) atoms. The Labute approximate surface area is 117 Å². The van der Waals surface area contributed by atoms with E-state index in [0.717, 1.165) is 11.1 Å². The molecular formula is C14H16N4O2. The lowest BCUT2D eigenvalue weighted by Gasteiger charge is -2.18. The number of carbonyl (C=O) groups excluding carboxylic acids is 1. The molecule has 6 nitrogen and oxygen atoms in total. The van der Waals surface area contributed by atoms with E-state index >= 15 is 0 Å². The molecule has 2 aromatic rings. The SMILES string of the molecule is COC(=O)C(Nc1nc(N)ncc1C)c1ccccc1. The number of rotatable bonds is 4. The van der Waals surface area contributed by atoms with Gasteiger partial charge < -0.3 is 15.8 Å². The fourth-order valence-corrected chi connectivity index (χ4v) is 1.78. The van der Waals surface area contributed by atoms with Gasteiger partial charge in [-0.1, -0.05) is 30.3 Å². The number of hydrogen-bond acceptors (Lipinski definition) is 6. The van der Waals surface area contributed by atoms with Crippen LogP contribution in [0.25, 0.3) is 0 Å². The molecule has 0 saturated heterocycles. The van der Waals surface area contributed by atoms with Crippen LogP contribution in [0.4, 0.5) is 11.8 Å². The summed E-state index contributed by atoms with van der Waals surface area (Å²) in [5.74, 6) is 0.263. The summed E-state index contributed by atoms with van der Waals surface area (Å²) in [6.07, 6.45) is 1.60. The van der Waals surface area contributed by atoms with Crippen molar-refractivity contribution in [3.63, 3.8) is 0 Å². The predicted octanol–water partition coefficient (Wildman–Crippen LogP) is 1.69. The summed E-state index contributed by atoms with van der Waals surface area (Å²) in [7, 11) is 1.35. The van der Waals surface area contributed by atoms with Crippen LogP contribution >= 0.6 is 0 Å². The minimum Gasteiger partial charge on any atom is -0.467 e. The molecular weight excluding hydrogens is 256 g/mol. The zero-order valence-corrected chi connectivity index (χ0v) is 11.3. The van der Waals surface area contributed by atoms with Crippen molar-refractivity contribution in [2.75, 3.05) is 18.2 Å². The topological polar surface area (TPSA) is 90.1 Å². The lowest BCUT2D eigenvalue weighted by molar-refractivity contribution is -0.141. The van der Waals surface area contributed by atoms with Gasteiger partial charge in [-0.3, -0.25) is 0 Å². The number of aromatic nitrogens is 2. The van der Waals surface area contributed by atoms with Crippen molar-refractivity contribution < 1.29 is 9.53 Å². The van der Waals surface area contributed by atoms with Crippen molar-refractivity contribution in [3.8, 4) is 0 Å². The van der Waals surface area contributed by atoms with Gasteiger partial charge >= 0.3 is 5.97 Å². The summed E-state index contributed by atoms with van der Waals surface area (Å²) in [5, 5.41) is 3.05. The third-order valence-electron chi connectivity index (χ3n) is 2.84. The van der Waals surface area contributed by atoms with Gasteiger partial charge in [-0.2, -0.15) is 4.98 Å². The molecule has 1 aromatic carbocycles. The number of nitrogens with two attached hydrogens (primary N) is 1. The Bertz CT molecular complexity index is 601. The zero-order chi connectivity index (χ0) is 14.5. The predicted molar refractivity (Wildman–Crippen MR) is 76.0 cm³/mol. The van der Waals surface area contributed by atoms with Gasteiger partial charge in [-0.15, -0.1) is 0 Å². The largest absolute Gasteiger partial charge is 0.467 e. The molecule has 6 heteroatoms. The van der Waals surface area contributed by atoms with Gasteiger partial charge in [0.15, 0.2) is 6.04 Å². The molecule has 0 aliphatic carbocycles. The first kappa shape index (κ1) is 13.8. The average molecular weight is 272 g/mol. The number of nitrogens with zero attached hydrogens (tertiary/aromatic N) is 2. The van der Waals surface area contributed by atoms with Crippen LogP contribution in [0, 0.1) is 6.92 Å². The second-order valence-corrected chi connectivity index (χ2v) is 4.27. The first-order chi connectivity index (χ1) is 9.61. The Morgan fingerprint density at radius 3 is 2.70 bits per heavy atom. The highest BCUT2D eigenvalue weighted by atomic mass is 16.5. The number of methoxy groups -OCH3 is 1. The van der Waals surface area contributed by atoms with Crippen molar-refractivity contribution in [3.05, 3.63) is 47.7 Å². The Morgan fingerprint density at radius 1 is 1.35 bits per heavy atom. The van der Waals surface area contributed by atoms with Gasteiger partial charge in [0, 0.05) is 11.8 Å². The Balaban J connectivity index is 2.34. The Morgan fingerprint density at radius 2 is 2.05 bits per heavy atom. The summed E-state index contributed by atoms with van der Waals surface area (Å²) < 4.78 is 4.83. The van der Waals surface area contributed by atoms with E-state index in [1.54, 1.807) is 6.20 Å². The van der Waals surface area contributed by atoms with Crippen LogP contribution in [-0.2, 0) is 9.53 Å². The van der Waals surface area contributed by atoms with Gasteiger partial charge in [0.25, 0.3) is 0 Å². The van der Waals surface area contributed by atoms with E-state index < -0.39 is 12.0 Å². The van der Waals surface area contributed by atoms with Gasteiger partial charge in [-0.25, -0.2) is 9.78 Å². The number of hydrogen-bond donors (Lipinski definition) is 2. The molecule has 0 amide bonds. The number of nitrogen functional groups attached to an aromatic ring is 1. The molecule has 0 aliphatic heterocycles. The van der Waals surface area contributed by atoms with Gasteiger partial charge in [-0.05, 0) is 12.5 Å². The van der Waals surface area contributed by atoms with Gasteiger partial charge in [0.1, 0.15) is 5.82 Å². The molecule has 0 fully saturated rings. The monoisotopic (exact) mass is 272 g/mol. The number of esters is 1. The van der Waals surface area contributed by atoms with Crippen LogP contribution in [-0.4, -0.2) is 23.0 Å². The third kappa shape index (κ3) is 3.03. The summed E-state index contributed by atoms with van der Waals surface area (Å²) in [4.78, 5) is 20.0. The molecule has 3 N–H and O–H groups in total. The summed E-state index contributed by atoms with van der Waals surface area (Å²) >= 11 is 0. The lowest BCUT2D eigenvalue weighted by Crippen LogP contribution is -2.23. The molecule has 0 radical (unpaired) electrons. The van der Waals surface area contributed by atoms with E-state index in [0.29, 0.717) is 5.82 Å². The fourth-order valence-electron chi connectivity index (χ4n) is 1.78. The van der Waals surface area contributed by atoms with Crippen LogP contribution in [0.2, 0.25) is 0 Å². The van der Waals surface area contributed by atoms with Crippen molar-refractivity contribution >= 4 is 17.7 Å². The maximum absolute atomic E-state index is 12.0. The highest BCUT2D eigenvalue weighted by molar-refractivity contribution is 5.80. The van der Waals surface area contributed by atoms with Gasteiger partial charge in [0.2, 0.25) is 5.95 Å². The summed E-state index contributed by atoms with van der Waals surface area (Å²) in [6.45, 7) is 1.83. The standard InChI is InChI=1S/C14H16N4O2/c1-9-8-16-14(15)18-12(9)17-11(13(19)20-2)10-6-4-3-5-7-10/h3-8,11H,1-2H3,(H3,15,16,17,18). The summed E-state index contributed by atoms with van der Waals surface area (Å²) in [5.41, 5.74) is 7.16. The first-order valence-electron chi connectivity index (χ1n) is 6.10. The van der Waals surface area contributed by atoms with Crippen LogP contribution in [0.5, 0.6) is 0 Å². The van der Waals surface area contributed by atoms with Crippen LogP contribution in [0.3, 0.4) is 0 Å². The number of carbonyl (C=O) groups is 1. The van der Waals surface area contributed by atoms with Crippen molar-refractivity contribution in [1.29, 1.82) is 0 Å². The minimum absolute atomic E-state index is 0.148. The number of aryl methyl sites for hydroxylation is 1. The number of nitrogens with one attached hydrogen (secondary N) is 1. The molecule has 1 atom stereocenters. The van der Waals surface area contributed by atoms with Crippen LogP contribution in [0.1, 0.15) is 17.2 Å². The molecule has 2 rings (SSSR count). The Hall–Kier alpha value is -2.63. The Kier molecular flexibility index (Phi) is 4.14. The first-order valence-corrected chi connectivity index (χ1v) is 6.10. The fraction of sp³-hybridized carbons (Fsp3) is 0.214. The van der Waals surface area contributed by atoms with Crippen LogP contribution in [0.15, 0.2) is 36.5 Å². The number of benzene rings is 1. The van der Waals surface area contributed by atoms with Crippen LogP contribution < -0.4 is 11.1 Å². The van der Waals surface area contributed by atoms with E-state index in [-0.39, 0.29) is 5.95 Å². The molecule has 1 unspecified atom stereocenters. The van der Waals surface area contributed by atoms with E-state index in [1.165, 1.54) is 7.11 Å². The molecule has 1 aromatic heterocycles. The quantitative estimate of drug-likeness (QED) is 0.823. The maximum atomic E-state index is 12.0. The highest BCUT2D eigenvalue weighted by Crippen LogP contribution is 2.21. The average Bonchev–Trinajstić information content (AvgIpc) is 2.48. The van der Waals surface area contributed by atoms with E-state index in [2.05, 4.69) is 15.3 Å². The van der Waals surface area contributed by atoms with E-state index in [1.807, 2.05) is 37.3 Å². The summed E-state index contributed by atoms with van der Waals surface area (Å²) in [6, 6.07) is 8.63. The van der Waals surface area contributed by atoms with Crippen molar-refractivity contribution in [1.82, 2.24) is 9.97 Å². The minimum atomic E-state index is -0.644. The molecule has 0 saturated carbocycles. The number of ether oxygens (including phenoxy) is 1. The van der Waals surface area contributed by atoms with Gasteiger partial charge in [0.05, 0.1) is 7.11 Å². The highest BCUT2D eigenvalue weighted by Gasteiger charge is 2.22. The van der Waals surface area contributed by atoms with E-state index in [9.17, 15) is 4.79 Å². The normalized spacial score (nSPS) is 11.7. The van der Waals surface area contributed by atoms with Crippen molar-refractivity contribution in [2.45, 2.75) is 13.0 Å². The maximum Gasteiger partial charge on any atom is 0.333 e. The lowest BCUT2D eigenvalue weighted by atomic mass is 10.1. The second kappa shape index (κ2) is 6.01. The van der Waals surface area contributed by atoms with Crippen molar-refractivity contribution in [2.24, 2.45) is 0 Å². The molecule has 104 valence electrons. The van der Waals surface area contributed by atoms with E-state index in [4.69, 9.17) is 10.5 Å². The number of anilines is 2. The zero-order valence-electron chi connectivity index (χ0n) is 11.3. The second-order valence-electron chi connectivity index (χ2n) is 4.27. The molecule has 0 aliphatic rings.